The maximum atomic E-state index is 13.3. The molecule has 0 aromatic heterocycles. The number of amides is 3. The van der Waals surface area contributed by atoms with Crippen LogP contribution < -0.4 is 5.32 Å². The van der Waals surface area contributed by atoms with Crippen molar-refractivity contribution in [2.24, 2.45) is 23.7 Å². The van der Waals surface area contributed by atoms with Crippen LogP contribution in [-0.2, 0) is 20.8 Å². The van der Waals surface area contributed by atoms with E-state index in [0.29, 0.717) is 10.7 Å². The smallest absolute Gasteiger partial charge is 0.248 e. The fourth-order valence-electron chi connectivity index (χ4n) is 5.13. The zero-order valence-corrected chi connectivity index (χ0v) is 17.0. The number of benzene rings is 2. The van der Waals surface area contributed by atoms with E-state index in [-0.39, 0.29) is 47.8 Å². The molecule has 3 aliphatic rings. The molecule has 2 aromatic carbocycles. The van der Waals surface area contributed by atoms with Gasteiger partial charge in [0.1, 0.15) is 6.04 Å². The van der Waals surface area contributed by atoms with E-state index in [0.717, 1.165) is 12.0 Å². The summed E-state index contributed by atoms with van der Waals surface area (Å²) < 4.78 is 0. The average molecular weight is 421 g/mol. The predicted molar refractivity (Wildman–Crippen MR) is 114 cm³/mol. The van der Waals surface area contributed by atoms with Gasteiger partial charge in [-0.1, -0.05) is 54.1 Å². The number of hydrogen-bond donors (Lipinski definition) is 1. The van der Waals surface area contributed by atoms with Crippen LogP contribution in [0.1, 0.15) is 12.0 Å². The maximum Gasteiger partial charge on any atom is 0.248 e. The first-order valence-corrected chi connectivity index (χ1v) is 10.6. The summed E-state index contributed by atoms with van der Waals surface area (Å²) in [7, 11) is 0. The third-order valence-electron chi connectivity index (χ3n) is 6.50. The lowest BCUT2D eigenvalue weighted by atomic mass is 9.85. The lowest BCUT2D eigenvalue weighted by molar-refractivity contribution is -0.147. The topological polar surface area (TPSA) is 66.5 Å². The van der Waals surface area contributed by atoms with Crippen LogP contribution in [0.15, 0.2) is 66.7 Å². The van der Waals surface area contributed by atoms with Gasteiger partial charge in [0.2, 0.25) is 17.7 Å². The van der Waals surface area contributed by atoms with Gasteiger partial charge in [-0.25, -0.2) is 0 Å². The largest absolute Gasteiger partial charge is 0.324 e. The monoisotopic (exact) mass is 420 g/mol. The Morgan fingerprint density at radius 1 is 0.967 bits per heavy atom. The number of fused-ring (bicyclic) bond motifs is 5. The van der Waals surface area contributed by atoms with Gasteiger partial charge >= 0.3 is 0 Å². The number of imide groups is 1. The van der Waals surface area contributed by atoms with Crippen molar-refractivity contribution < 1.29 is 14.4 Å². The Kier molecular flexibility index (Phi) is 4.70. The molecule has 5 atom stereocenters. The van der Waals surface area contributed by atoms with Crippen molar-refractivity contribution in [3.8, 4) is 0 Å². The molecular weight excluding hydrogens is 400 g/mol. The molecule has 1 saturated heterocycles. The van der Waals surface area contributed by atoms with Crippen LogP contribution in [0.2, 0.25) is 5.02 Å². The SMILES string of the molecule is O=C(Nc1ccc(Cl)cc1)[C@H](Cc1ccccc1)N1C(=O)[C@H]2[C@H](C1=O)[C@H]1C=C[C@H]2C1. The molecule has 1 N–H and O–H groups in total. The third-order valence-corrected chi connectivity index (χ3v) is 6.75. The number of carbonyl (C=O) groups excluding carboxylic acids is 3. The zero-order valence-electron chi connectivity index (χ0n) is 16.2. The second-order valence-corrected chi connectivity index (χ2v) is 8.68. The number of nitrogens with zero attached hydrogens (tertiary/aromatic N) is 1. The van der Waals surface area contributed by atoms with E-state index >= 15 is 0 Å². The normalized spacial score (nSPS) is 27.4. The second kappa shape index (κ2) is 7.40. The molecule has 2 aromatic rings. The van der Waals surface area contributed by atoms with Crippen molar-refractivity contribution >= 4 is 35.0 Å². The van der Waals surface area contributed by atoms with Gasteiger partial charge in [-0.2, -0.15) is 0 Å². The van der Waals surface area contributed by atoms with Gasteiger partial charge in [0.25, 0.3) is 0 Å². The van der Waals surface area contributed by atoms with Crippen LogP contribution in [0.5, 0.6) is 0 Å². The first-order valence-electron chi connectivity index (χ1n) is 10.2. The van der Waals surface area contributed by atoms with Gasteiger partial charge in [0.05, 0.1) is 11.8 Å². The Balaban J connectivity index is 1.45. The highest BCUT2D eigenvalue weighted by Crippen LogP contribution is 2.53. The van der Waals surface area contributed by atoms with Gasteiger partial charge < -0.3 is 5.32 Å². The number of likely N-dealkylation sites (tertiary alicyclic amines) is 1. The highest BCUT2D eigenvalue weighted by molar-refractivity contribution is 6.30. The van der Waals surface area contributed by atoms with E-state index in [1.54, 1.807) is 24.3 Å². The molecule has 1 aliphatic heterocycles. The van der Waals surface area contributed by atoms with Crippen LogP contribution in [0.4, 0.5) is 5.69 Å². The Labute approximate surface area is 179 Å². The van der Waals surface area contributed by atoms with Crippen molar-refractivity contribution in [3.63, 3.8) is 0 Å². The minimum Gasteiger partial charge on any atom is -0.324 e. The Bertz CT molecular complexity index is 1000. The van der Waals surface area contributed by atoms with Gasteiger partial charge in [-0.15, -0.1) is 0 Å². The highest BCUT2D eigenvalue weighted by atomic mass is 35.5. The Morgan fingerprint density at radius 2 is 1.57 bits per heavy atom. The predicted octanol–water partition coefficient (Wildman–Crippen LogP) is 3.70. The van der Waals surface area contributed by atoms with Crippen LogP contribution in [0.3, 0.4) is 0 Å². The second-order valence-electron chi connectivity index (χ2n) is 8.25. The van der Waals surface area contributed by atoms with E-state index in [1.807, 2.05) is 30.3 Å². The zero-order chi connectivity index (χ0) is 20.8. The number of allylic oxidation sites excluding steroid dienone is 2. The first kappa shape index (κ1) is 19.1. The average Bonchev–Trinajstić information content (AvgIpc) is 3.43. The van der Waals surface area contributed by atoms with Crippen molar-refractivity contribution in [3.05, 3.63) is 77.3 Å². The molecule has 30 heavy (non-hydrogen) atoms. The van der Waals surface area contributed by atoms with Gasteiger partial charge in [0.15, 0.2) is 0 Å². The molecule has 0 unspecified atom stereocenters. The lowest BCUT2D eigenvalue weighted by Gasteiger charge is -2.27. The molecule has 0 spiro atoms. The van der Waals surface area contributed by atoms with E-state index < -0.39 is 6.04 Å². The van der Waals surface area contributed by atoms with Crippen molar-refractivity contribution in [2.45, 2.75) is 18.9 Å². The van der Waals surface area contributed by atoms with Crippen molar-refractivity contribution in [1.82, 2.24) is 4.90 Å². The molecular formula is C24H21ClN2O3. The summed E-state index contributed by atoms with van der Waals surface area (Å²) in [4.78, 5) is 41.1. The fourth-order valence-corrected chi connectivity index (χ4v) is 5.26. The summed E-state index contributed by atoms with van der Waals surface area (Å²) in [5, 5.41) is 3.42. The quantitative estimate of drug-likeness (QED) is 0.592. The molecule has 5 rings (SSSR count). The molecule has 0 radical (unpaired) electrons. The number of nitrogens with one attached hydrogen (secondary N) is 1. The van der Waals surface area contributed by atoms with E-state index in [4.69, 9.17) is 11.6 Å². The Hall–Kier alpha value is -2.92. The minimum absolute atomic E-state index is 0.109. The van der Waals surface area contributed by atoms with E-state index in [1.165, 1.54) is 4.90 Å². The molecule has 2 bridgehead atoms. The highest BCUT2D eigenvalue weighted by Gasteiger charge is 2.61. The first-order chi connectivity index (χ1) is 14.5. The number of hydrogen-bond acceptors (Lipinski definition) is 3. The third kappa shape index (κ3) is 3.14. The number of halogens is 1. The number of carbonyl (C=O) groups is 3. The number of anilines is 1. The van der Waals surface area contributed by atoms with Gasteiger partial charge in [-0.05, 0) is 48.1 Å². The lowest BCUT2D eigenvalue weighted by Crippen LogP contribution is -2.49. The van der Waals surface area contributed by atoms with Crippen LogP contribution >= 0.6 is 11.6 Å². The molecule has 1 saturated carbocycles. The summed E-state index contributed by atoms with van der Waals surface area (Å²) in [6, 6.07) is 15.3. The maximum absolute atomic E-state index is 13.3. The standard InChI is InChI=1S/C24H21ClN2O3/c25-17-8-10-18(11-9-17)26-22(28)19(12-14-4-2-1-3-5-14)27-23(29)20-15-6-7-16(13-15)21(20)24(27)30/h1-11,15-16,19-21H,12-13H2,(H,26,28)/t15-,16-,19-,20+,21+/m0/s1. The molecule has 152 valence electrons. The molecule has 6 heteroatoms. The summed E-state index contributed by atoms with van der Waals surface area (Å²) in [6.45, 7) is 0. The molecule has 5 nitrogen and oxygen atoms in total. The van der Waals surface area contributed by atoms with E-state index in [9.17, 15) is 14.4 Å². The molecule has 2 aliphatic carbocycles. The van der Waals surface area contributed by atoms with Crippen molar-refractivity contribution in [2.75, 3.05) is 5.32 Å². The summed E-state index contributed by atoms with van der Waals surface area (Å²) in [5.41, 5.74) is 1.47. The summed E-state index contributed by atoms with van der Waals surface area (Å²) >= 11 is 5.93. The van der Waals surface area contributed by atoms with Crippen LogP contribution in [0.25, 0.3) is 0 Å². The van der Waals surface area contributed by atoms with Gasteiger partial charge in [0, 0.05) is 17.1 Å². The summed E-state index contributed by atoms with van der Waals surface area (Å²) in [6.07, 6.45) is 5.25. The molecule has 2 fully saturated rings. The Morgan fingerprint density at radius 3 is 2.17 bits per heavy atom. The molecule has 3 amide bonds. The number of rotatable bonds is 5. The van der Waals surface area contributed by atoms with Crippen molar-refractivity contribution in [1.29, 1.82) is 0 Å². The minimum atomic E-state index is -0.895. The summed E-state index contributed by atoms with van der Waals surface area (Å²) in [5.74, 6) is -1.23. The van der Waals surface area contributed by atoms with E-state index in [2.05, 4.69) is 17.5 Å². The molecule has 1 heterocycles. The van der Waals surface area contributed by atoms with Crippen LogP contribution in [-0.4, -0.2) is 28.7 Å². The van der Waals surface area contributed by atoms with Crippen LogP contribution in [0, 0.1) is 23.7 Å². The fraction of sp³-hybridized carbons (Fsp3) is 0.292. The van der Waals surface area contributed by atoms with Gasteiger partial charge in [-0.3, -0.25) is 19.3 Å².